The number of ether oxygens (including phenoxy) is 2. The van der Waals surface area contributed by atoms with E-state index in [1.54, 1.807) is 36.4 Å². The van der Waals surface area contributed by atoms with Crippen molar-refractivity contribution in [2.24, 2.45) is 0 Å². The van der Waals surface area contributed by atoms with E-state index in [9.17, 15) is 9.59 Å². The second kappa shape index (κ2) is 8.30. The molecule has 30 heavy (non-hydrogen) atoms. The van der Waals surface area contributed by atoms with Gasteiger partial charge in [-0.1, -0.05) is 36.1 Å². The lowest BCUT2D eigenvalue weighted by Gasteiger charge is -2.02. The van der Waals surface area contributed by atoms with Gasteiger partial charge in [0.25, 0.3) is 5.56 Å². The first-order valence-corrected chi connectivity index (χ1v) is 9.84. The third-order valence-corrected chi connectivity index (χ3v) is 5.25. The molecule has 0 spiro atoms. The summed E-state index contributed by atoms with van der Waals surface area (Å²) >= 11 is 1.26. The molecule has 0 aliphatic carbocycles. The molecule has 0 N–H and O–H groups in total. The summed E-state index contributed by atoms with van der Waals surface area (Å²) in [7, 11) is 1.33. The number of hydrogen-bond acceptors (Lipinski definition) is 7. The maximum atomic E-state index is 12.7. The van der Waals surface area contributed by atoms with Crippen LogP contribution < -0.4 is 14.8 Å². The van der Waals surface area contributed by atoms with E-state index in [4.69, 9.17) is 4.74 Å². The van der Waals surface area contributed by atoms with Gasteiger partial charge in [-0.05, 0) is 48.0 Å². The lowest BCUT2D eigenvalue weighted by Crippen LogP contribution is -2.23. The van der Waals surface area contributed by atoms with Gasteiger partial charge < -0.3 is 9.47 Å². The van der Waals surface area contributed by atoms with E-state index in [-0.39, 0.29) is 5.56 Å². The fourth-order valence-electron chi connectivity index (χ4n) is 2.80. The molecule has 0 aliphatic rings. The average molecular weight is 419 g/mol. The molecule has 4 aromatic rings. The minimum Gasteiger partial charge on any atom is -0.490 e. The van der Waals surface area contributed by atoms with Crippen molar-refractivity contribution < 1.29 is 14.3 Å². The largest absolute Gasteiger partial charge is 0.490 e. The second-order valence-electron chi connectivity index (χ2n) is 6.28. The van der Waals surface area contributed by atoms with Crippen LogP contribution in [0, 0.1) is 0 Å². The SMILES string of the molecule is C=CCOc1ccc(-c2nc3s/c(=C/c4ccc(C(=O)OC)cc4)c(=O)n3n2)cc1. The molecule has 0 bridgehead atoms. The molecule has 0 unspecified atom stereocenters. The van der Waals surface area contributed by atoms with Crippen molar-refractivity contribution in [3.63, 3.8) is 0 Å². The monoisotopic (exact) mass is 419 g/mol. The maximum absolute atomic E-state index is 12.7. The van der Waals surface area contributed by atoms with Gasteiger partial charge in [0.15, 0.2) is 5.82 Å². The Hall–Kier alpha value is -3.78. The molecule has 0 aliphatic heterocycles. The van der Waals surface area contributed by atoms with Crippen molar-refractivity contribution in [2.45, 2.75) is 0 Å². The maximum Gasteiger partial charge on any atom is 0.337 e. The van der Waals surface area contributed by atoms with Crippen LogP contribution in [0.1, 0.15) is 15.9 Å². The Kier molecular flexibility index (Phi) is 5.40. The van der Waals surface area contributed by atoms with E-state index >= 15 is 0 Å². The molecule has 2 heterocycles. The topological polar surface area (TPSA) is 82.8 Å². The van der Waals surface area contributed by atoms with Gasteiger partial charge >= 0.3 is 5.97 Å². The fraction of sp³-hybridized carbons (Fsp3) is 0.0909. The summed E-state index contributed by atoms with van der Waals surface area (Å²) in [6, 6.07) is 14.1. The number of thiazole rings is 1. The van der Waals surface area contributed by atoms with Gasteiger partial charge in [0.05, 0.1) is 17.2 Å². The standard InChI is InChI=1S/C22H17N3O4S/c1-3-12-29-17-10-8-15(9-11-17)19-23-22-25(24-19)20(26)18(30-22)13-14-4-6-16(7-5-14)21(27)28-2/h3-11,13H,1,12H2,2H3/b18-13+. The smallest absolute Gasteiger partial charge is 0.337 e. The molecule has 0 saturated carbocycles. The molecule has 0 fully saturated rings. The minimum absolute atomic E-state index is 0.239. The van der Waals surface area contributed by atoms with Crippen molar-refractivity contribution in [2.75, 3.05) is 13.7 Å². The molecule has 0 radical (unpaired) electrons. The van der Waals surface area contributed by atoms with Crippen LogP contribution in [0.4, 0.5) is 0 Å². The van der Waals surface area contributed by atoms with Crippen LogP contribution in [0.3, 0.4) is 0 Å². The Bertz CT molecular complexity index is 1320. The number of rotatable bonds is 6. The van der Waals surface area contributed by atoms with Crippen LogP contribution in [0.2, 0.25) is 0 Å². The molecule has 2 aromatic carbocycles. The number of fused-ring (bicyclic) bond motifs is 1. The summed E-state index contributed by atoms with van der Waals surface area (Å²) in [6.07, 6.45) is 3.42. The highest BCUT2D eigenvalue weighted by molar-refractivity contribution is 7.15. The van der Waals surface area contributed by atoms with Crippen molar-refractivity contribution in [3.8, 4) is 17.1 Å². The highest BCUT2D eigenvalue weighted by Gasteiger charge is 2.12. The van der Waals surface area contributed by atoms with Crippen LogP contribution in [0.25, 0.3) is 22.4 Å². The van der Waals surface area contributed by atoms with Crippen LogP contribution in [-0.2, 0) is 4.74 Å². The zero-order valence-electron chi connectivity index (χ0n) is 16.1. The van der Waals surface area contributed by atoms with Crippen molar-refractivity contribution >= 4 is 28.3 Å². The molecule has 0 saturated heterocycles. The summed E-state index contributed by atoms with van der Waals surface area (Å²) in [5.41, 5.74) is 1.79. The number of benzene rings is 2. The van der Waals surface area contributed by atoms with Gasteiger partial charge in [-0.2, -0.15) is 9.50 Å². The highest BCUT2D eigenvalue weighted by atomic mass is 32.1. The lowest BCUT2D eigenvalue weighted by atomic mass is 10.1. The van der Waals surface area contributed by atoms with Gasteiger partial charge in [-0.15, -0.1) is 5.10 Å². The van der Waals surface area contributed by atoms with Gasteiger partial charge in [0, 0.05) is 5.56 Å². The summed E-state index contributed by atoms with van der Waals surface area (Å²) in [5.74, 6) is 0.791. The van der Waals surface area contributed by atoms with Gasteiger partial charge in [-0.3, -0.25) is 4.79 Å². The number of carbonyl (C=O) groups is 1. The van der Waals surface area contributed by atoms with E-state index in [1.165, 1.54) is 23.0 Å². The Morgan fingerprint density at radius 3 is 2.53 bits per heavy atom. The van der Waals surface area contributed by atoms with E-state index in [0.29, 0.717) is 27.5 Å². The second-order valence-corrected chi connectivity index (χ2v) is 7.29. The minimum atomic E-state index is -0.405. The van der Waals surface area contributed by atoms with E-state index in [2.05, 4.69) is 21.4 Å². The number of esters is 1. The normalized spacial score (nSPS) is 11.6. The first-order chi connectivity index (χ1) is 14.6. The third-order valence-electron chi connectivity index (χ3n) is 4.29. The summed E-state index contributed by atoms with van der Waals surface area (Å²) < 4.78 is 12.0. The van der Waals surface area contributed by atoms with Crippen molar-refractivity contribution in [1.82, 2.24) is 14.6 Å². The quantitative estimate of drug-likeness (QED) is 0.353. The molecule has 0 atom stereocenters. The van der Waals surface area contributed by atoms with Crippen LogP contribution >= 0.6 is 11.3 Å². The van der Waals surface area contributed by atoms with Crippen molar-refractivity contribution in [1.29, 1.82) is 0 Å². The zero-order valence-corrected chi connectivity index (χ0v) is 16.9. The number of hydrogen-bond donors (Lipinski definition) is 0. The first kappa shape index (κ1) is 19.5. The predicted octanol–water partition coefficient (Wildman–Crippen LogP) is 2.72. The predicted molar refractivity (Wildman–Crippen MR) is 115 cm³/mol. The highest BCUT2D eigenvalue weighted by Crippen LogP contribution is 2.20. The fourth-order valence-corrected chi connectivity index (χ4v) is 3.70. The average Bonchev–Trinajstić information content (AvgIpc) is 3.32. The Morgan fingerprint density at radius 2 is 1.90 bits per heavy atom. The van der Waals surface area contributed by atoms with Crippen LogP contribution in [-0.4, -0.2) is 34.3 Å². The van der Waals surface area contributed by atoms with E-state index in [0.717, 1.165) is 16.9 Å². The number of methoxy groups -OCH3 is 1. The van der Waals surface area contributed by atoms with Gasteiger partial charge in [0.1, 0.15) is 12.4 Å². The Morgan fingerprint density at radius 1 is 1.17 bits per heavy atom. The molecular weight excluding hydrogens is 402 g/mol. The zero-order chi connectivity index (χ0) is 21.1. The molecule has 0 amide bonds. The summed E-state index contributed by atoms with van der Waals surface area (Å²) in [6.45, 7) is 4.05. The lowest BCUT2D eigenvalue weighted by molar-refractivity contribution is 0.0600. The van der Waals surface area contributed by atoms with Gasteiger partial charge in [-0.25, -0.2) is 4.79 Å². The van der Waals surface area contributed by atoms with Crippen molar-refractivity contribution in [3.05, 3.63) is 87.2 Å². The number of carbonyl (C=O) groups excluding carboxylic acids is 1. The molecule has 4 rings (SSSR count). The molecular formula is C22H17N3O4S. The molecule has 7 nitrogen and oxygen atoms in total. The first-order valence-electron chi connectivity index (χ1n) is 9.03. The molecule has 150 valence electrons. The molecule has 2 aromatic heterocycles. The Balaban J connectivity index is 1.62. The van der Waals surface area contributed by atoms with E-state index in [1.807, 2.05) is 24.3 Å². The van der Waals surface area contributed by atoms with Crippen LogP contribution in [0.5, 0.6) is 5.75 Å². The Labute approximate surface area is 175 Å². The third kappa shape index (κ3) is 3.85. The number of aromatic nitrogens is 3. The summed E-state index contributed by atoms with van der Waals surface area (Å²) in [4.78, 5) is 29.2. The van der Waals surface area contributed by atoms with Crippen LogP contribution in [0.15, 0.2) is 66.0 Å². The van der Waals surface area contributed by atoms with Gasteiger partial charge in [0.2, 0.25) is 4.96 Å². The van der Waals surface area contributed by atoms with E-state index < -0.39 is 5.97 Å². The molecule has 8 heteroatoms. The number of nitrogens with zero attached hydrogens (tertiary/aromatic N) is 3. The summed E-state index contributed by atoms with van der Waals surface area (Å²) in [5, 5.41) is 4.35.